The van der Waals surface area contributed by atoms with Crippen LogP contribution in [0, 0.1) is 11.3 Å². The van der Waals surface area contributed by atoms with Gasteiger partial charge in [0.1, 0.15) is 6.61 Å². The predicted octanol–water partition coefficient (Wildman–Crippen LogP) is 3.43. The molecule has 2 aliphatic rings. The van der Waals surface area contributed by atoms with Crippen molar-refractivity contribution < 1.29 is 9.53 Å². The molecular formula is C15H18BrNO2. The van der Waals surface area contributed by atoms with Crippen molar-refractivity contribution in [2.45, 2.75) is 19.4 Å². The minimum Gasteiger partial charge on any atom is -0.445 e. The largest absolute Gasteiger partial charge is 0.445 e. The fourth-order valence-corrected chi connectivity index (χ4v) is 3.93. The van der Waals surface area contributed by atoms with Crippen LogP contribution in [0.3, 0.4) is 0 Å². The SMILES string of the molecule is O=C(OCc1ccccc1)N1CCC2(CC2CBr)C1. The van der Waals surface area contributed by atoms with Crippen molar-refractivity contribution in [3.8, 4) is 0 Å². The molecule has 0 bridgehead atoms. The van der Waals surface area contributed by atoms with Gasteiger partial charge in [0, 0.05) is 18.4 Å². The van der Waals surface area contributed by atoms with E-state index in [1.54, 1.807) is 0 Å². The van der Waals surface area contributed by atoms with Crippen molar-refractivity contribution in [2.75, 3.05) is 18.4 Å². The maximum absolute atomic E-state index is 12.0. The van der Waals surface area contributed by atoms with E-state index in [0.717, 1.165) is 36.3 Å². The van der Waals surface area contributed by atoms with Crippen LogP contribution >= 0.6 is 15.9 Å². The normalized spacial score (nSPS) is 28.7. The number of alkyl halides is 1. The number of carbonyl (C=O) groups is 1. The summed E-state index contributed by atoms with van der Waals surface area (Å²) < 4.78 is 5.38. The van der Waals surface area contributed by atoms with Crippen LogP contribution in [-0.2, 0) is 11.3 Å². The number of likely N-dealkylation sites (tertiary alicyclic amines) is 1. The highest BCUT2D eigenvalue weighted by Gasteiger charge is 2.57. The van der Waals surface area contributed by atoms with E-state index in [9.17, 15) is 4.79 Å². The van der Waals surface area contributed by atoms with Crippen LogP contribution < -0.4 is 0 Å². The van der Waals surface area contributed by atoms with Crippen molar-refractivity contribution in [1.82, 2.24) is 4.90 Å². The molecule has 3 rings (SSSR count). The Morgan fingerprint density at radius 1 is 1.42 bits per heavy atom. The highest BCUT2D eigenvalue weighted by Crippen LogP contribution is 2.59. The molecule has 1 spiro atoms. The van der Waals surface area contributed by atoms with Crippen molar-refractivity contribution in [1.29, 1.82) is 0 Å². The zero-order chi connectivity index (χ0) is 13.3. The van der Waals surface area contributed by atoms with Gasteiger partial charge in [-0.1, -0.05) is 46.3 Å². The molecule has 1 heterocycles. The average Bonchev–Trinajstić information content (AvgIpc) is 2.96. The van der Waals surface area contributed by atoms with Crippen LogP contribution in [0.25, 0.3) is 0 Å². The molecule has 2 atom stereocenters. The summed E-state index contributed by atoms with van der Waals surface area (Å²) in [5, 5.41) is 1.06. The van der Waals surface area contributed by atoms with Gasteiger partial charge in [-0.05, 0) is 29.7 Å². The smallest absolute Gasteiger partial charge is 0.410 e. The van der Waals surface area contributed by atoms with Crippen LogP contribution in [-0.4, -0.2) is 29.4 Å². The Hall–Kier alpha value is -1.03. The molecule has 1 aliphatic heterocycles. The van der Waals surface area contributed by atoms with Crippen molar-refractivity contribution in [3.05, 3.63) is 35.9 Å². The Morgan fingerprint density at radius 3 is 2.89 bits per heavy atom. The lowest BCUT2D eigenvalue weighted by molar-refractivity contribution is 0.102. The first-order chi connectivity index (χ1) is 9.23. The number of halogens is 1. The zero-order valence-corrected chi connectivity index (χ0v) is 12.4. The lowest BCUT2D eigenvalue weighted by Crippen LogP contribution is -2.29. The minimum atomic E-state index is -0.166. The van der Waals surface area contributed by atoms with Gasteiger partial charge in [-0.15, -0.1) is 0 Å². The molecule has 0 N–H and O–H groups in total. The third-order valence-corrected chi connectivity index (χ3v) is 5.18. The van der Waals surface area contributed by atoms with Crippen LogP contribution in [0.4, 0.5) is 4.79 Å². The lowest BCUT2D eigenvalue weighted by atomic mass is 10.0. The van der Waals surface area contributed by atoms with Gasteiger partial charge in [-0.3, -0.25) is 0 Å². The van der Waals surface area contributed by atoms with E-state index in [1.807, 2.05) is 35.2 Å². The summed E-state index contributed by atoms with van der Waals surface area (Å²) in [4.78, 5) is 13.9. The molecule has 1 amide bonds. The van der Waals surface area contributed by atoms with E-state index in [0.29, 0.717) is 12.0 Å². The molecule has 1 aromatic rings. The number of nitrogens with zero attached hydrogens (tertiary/aromatic N) is 1. The summed E-state index contributed by atoms with van der Waals surface area (Å²) in [7, 11) is 0. The molecule has 1 saturated heterocycles. The first-order valence-corrected chi connectivity index (χ1v) is 7.87. The van der Waals surface area contributed by atoms with E-state index in [-0.39, 0.29) is 6.09 Å². The van der Waals surface area contributed by atoms with E-state index < -0.39 is 0 Å². The van der Waals surface area contributed by atoms with Crippen LogP contribution in [0.15, 0.2) is 30.3 Å². The zero-order valence-electron chi connectivity index (χ0n) is 10.8. The third-order valence-electron chi connectivity index (χ3n) is 4.39. The molecule has 1 aromatic carbocycles. The van der Waals surface area contributed by atoms with Gasteiger partial charge in [0.15, 0.2) is 0 Å². The first kappa shape index (κ1) is 13.0. The Balaban J connectivity index is 1.50. The molecule has 4 heteroatoms. The van der Waals surface area contributed by atoms with E-state index in [4.69, 9.17) is 4.74 Å². The van der Waals surface area contributed by atoms with E-state index in [1.165, 1.54) is 6.42 Å². The molecule has 102 valence electrons. The van der Waals surface area contributed by atoms with Crippen LogP contribution in [0.5, 0.6) is 0 Å². The minimum absolute atomic E-state index is 0.166. The molecule has 1 aliphatic carbocycles. The second kappa shape index (κ2) is 5.16. The number of benzene rings is 1. The quantitative estimate of drug-likeness (QED) is 0.797. The Morgan fingerprint density at radius 2 is 2.21 bits per heavy atom. The molecule has 1 saturated carbocycles. The summed E-state index contributed by atoms with van der Waals surface area (Å²) in [6.45, 7) is 2.08. The molecule has 2 fully saturated rings. The van der Waals surface area contributed by atoms with Gasteiger partial charge >= 0.3 is 6.09 Å². The topological polar surface area (TPSA) is 29.5 Å². The summed E-state index contributed by atoms with van der Waals surface area (Å²) >= 11 is 3.54. The maximum atomic E-state index is 12.0. The summed E-state index contributed by atoms with van der Waals surface area (Å²) in [6.07, 6.45) is 2.21. The Bertz CT molecular complexity index is 464. The number of hydrogen-bond donors (Lipinski definition) is 0. The lowest BCUT2D eigenvalue weighted by Gasteiger charge is -2.16. The second-order valence-electron chi connectivity index (χ2n) is 5.63. The molecule has 19 heavy (non-hydrogen) atoms. The van der Waals surface area contributed by atoms with E-state index in [2.05, 4.69) is 15.9 Å². The molecule has 0 radical (unpaired) electrons. The molecule has 3 nitrogen and oxygen atoms in total. The van der Waals surface area contributed by atoms with Crippen LogP contribution in [0.1, 0.15) is 18.4 Å². The summed E-state index contributed by atoms with van der Waals surface area (Å²) in [5.41, 5.74) is 1.43. The number of ether oxygens (including phenoxy) is 1. The number of amides is 1. The Kier molecular flexibility index (Phi) is 3.52. The highest BCUT2D eigenvalue weighted by molar-refractivity contribution is 9.09. The summed E-state index contributed by atoms with van der Waals surface area (Å²) in [6, 6.07) is 9.82. The third kappa shape index (κ3) is 2.64. The van der Waals surface area contributed by atoms with Crippen molar-refractivity contribution in [2.24, 2.45) is 11.3 Å². The highest BCUT2D eigenvalue weighted by atomic mass is 79.9. The molecule has 2 unspecified atom stereocenters. The number of rotatable bonds is 3. The first-order valence-electron chi connectivity index (χ1n) is 6.75. The van der Waals surface area contributed by atoms with Gasteiger partial charge in [0.25, 0.3) is 0 Å². The average molecular weight is 324 g/mol. The van der Waals surface area contributed by atoms with E-state index >= 15 is 0 Å². The van der Waals surface area contributed by atoms with Crippen molar-refractivity contribution >= 4 is 22.0 Å². The van der Waals surface area contributed by atoms with Gasteiger partial charge in [0.05, 0.1) is 0 Å². The predicted molar refractivity (Wildman–Crippen MR) is 77.2 cm³/mol. The molecular weight excluding hydrogens is 306 g/mol. The monoisotopic (exact) mass is 323 g/mol. The van der Waals surface area contributed by atoms with Gasteiger partial charge in [0.2, 0.25) is 0 Å². The maximum Gasteiger partial charge on any atom is 0.410 e. The van der Waals surface area contributed by atoms with Gasteiger partial charge in [-0.25, -0.2) is 4.79 Å². The fourth-order valence-electron chi connectivity index (χ4n) is 3.01. The van der Waals surface area contributed by atoms with Crippen molar-refractivity contribution in [3.63, 3.8) is 0 Å². The van der Waals surface area contributed by atoms with Gasteiger partial charge < -0.3 is 9.64 Å². The number of hydrogen-bond acceptors (Lipinski definition) is 2. The standard InChI is InChI=1S/C15H18BrNO2/c16-9-13-8-15(13)6-7-17(11-15)14(18)19-10-12-4-2-1-3-5-12/h1-5,13H,6-11H2. The Labute approximate surface area is 122 Å². The van der Waals surface area contributed by atoms with Crippen LogP contribution in [0.2, 0.25) is 0 Å². The summed E-state index contributed by atoms with van der Waals surface area (Å²) in [5.74, 6) is 0.749. The fraction of sp³-hybridized carbons (Fsp3) is 0.533. The van der Waals surface area contributed by atoms with Gasteiger partial charge in [-0.2, -0.15) is 0 Å². The second-order valence-corrected chi connectivity index (χ2v) is 6.28. The number of carbonyl (C=O) groups excluding carboxylic acids is 1. The molecule has 0 aromatic heterocycles.